The molecule has 1 atom stereocenters. The summed E-state index contributed by atoms with van der Waals surface area (Å²) < 4.78 is 18.6. The molecule has 6 nitrogen and oxygen atoms in total. The third-order valence-electron chi connectivity index (χ3n) is 5.65. The lowest BCUT2D eigenvalue weighted by Gasteiger charge is -2.36. The number of aromatic nitrogens is 2. The lowest BCUT2D eigenvalue weighted by molar-refractivity contribution is -0.134. The Morgan fingerprint density at radius 2 is 1.90 bits per heavy atom. The number of hydrogen-bond donors (Lipinski definition) is 1. The summed E-state index contributed by atoms with van der Waals surface area (Å²) in [6.45, 7) is 0.659. The van der Waals surface area contributed by atoms with Crippen LogP contribution in [0.2, 0.25) is 0 Å². The van der Waals surface area contributed by atoms with E-state index in [9.17, 15) is 9.18 Å². The average molecular weight is 420 g/mol. The van der Waals surface area contributed by atoms with E-state index in [-0.39, 0.29) is 23.7 Å². The van der Waals surface area contributed by atoms with Gasteiger partial charge < -0.3 is 15.4 Å². The molecule has 0 bridgehead atoms. The summed E-state index contributed by atoms with van der Waals surface area (Å²) in [7, 11) is 1.62. The molecule has 1 aromatic heterocycles. The minimum Gasteiger partial charge on any atom is -0.497 e. The van der Waals surface area contributed by atoms with Gasteiger partial charge in [0.2, 0.25) is 11.9 Å². The van der Waals surface area contributed by atoms with Gasteiger partial charge in [0.25, 0.3) is 0 Å². The highest BCUT2D eigenvalue weighted by atomic mass is 19.1. The minimum atomic E-state index is -0.310. The van der Waals surface area contributed by atoms with E-state index in [1.165, 1.54) is 12.1 Å². The molecule has 1 fully saturated rings. The van der Waals surface area contributed by atoms with Crippen molar-refractivity contribution in [3.63, 3.8) is 0 Å². The molecule has 1 amide bonds. The number of rotatable bonds is 5. The molecule has 160 valence electrons. The summed E-state index contributed by atoms with van der Waals surface area (Å²) in [6, 6.07) is 13.5. The van der Waals surface area contributed by atoms with E-state index in [1.807, 2.05) is 29.2 Å². The zero-order chi connectivity index (χ0) is 21.8. The molecule has 1 saturated heterocycles. The largest absolute Gasteiger partial charge is 0.497 e. The van der Waals surface area contributed by atoms with Gasteiger partial charge in [-0.1, -0.05) is 24.3 Å². The molecule has 7 heteroatoms. The standard InChI is InChI=1S/C24H25FN4O2/c1-31-19-11-5-16(6-12-19)14-22(30)29-13-3-2-4-21(29)23-20(15-27-24(26)28-23)17-7-9-18(25)10-8-17/h5-12,15,21H,2-4,13-14H2,1H3,(H2,26,27,28). The van der Waals surface area contributed by atoms with E-state index in [4.69, 9.17) is 10.5 Å². The molecular formula is C24H25FN4O2. The van der Waals surface area contributed by atoms with Crippen LogP contribution in [0.5, 0.6) is 5.75 Å². The highest BCUT2D eigenvalue weighted by Crippen LogP contribution is 2.36. The SMILES string of the molecule is COc1ccc(CC(=O)N2CCCCC2c2nc(N)ncc2-c2ccc(F)cc2)cc1. The van der Waals surface area contributed by atoms with E-state index in [1.54, 1.807) is 25.4 Å². The number of nitrogens with two attached hydrogens (primary N) is 1. The van der Waals surface area contributed by atoms with Gasteiger partial charge in [-0.3, -0.25) is 4.79 Å². The highest BCUT2D eigenvalue weighted by Gasteiger charge is 2.31. The number of nitrogen functional groups attached to an aromatic ring is 1. The van der Waals surface area contributed by atoms with Gasteiger partial charge in [-0.15, -0.1) is 0 Å². The van der Waals surface area contributed by atoms with E-state index < -0.39 is 0 Å². The number of nitrogens with zero attached hydrogens (tertiary/aromatic N) is 3. The molecule has 31 heavy (non-hydrogen) atoms. The Morgan fingerprint density at radius 3 is 2.61 bits per heavy atom. The Balaban J connectivity index is 1.64. The maximum atomic E-state index is 13.4. The summed E-state index contributed by atoms with van der Waals surface area (Å²) in [5, 5.41) is 0. The molecule has 0 radical (unpaired) electrons. The lowest BCUT2D eigenvalue weighted by Crippen LogP contribution is -2.40. The Morgan fingerprint density at radius 1 is 1.16 bits per heavy atom. The summed E-state index contributed by atoms with van der Waals surface area (Å²) in [6.07, 6.45) is 4.68. The third-order valence-corrected chi connectivity index (χ3v) is 5.65. The number of carbonyl (C=O) groups is 1. The number of carbonyl (C=O) groups excluding carboxylic acids is 1. The van der Waals surface area contributed by atoms with Gasteiger partial charge in [0.1, 0.15) is 11.6 Å². The van der Waals surface area contributed by atoms with Crippen LogP contribution in [0.15, 0.2) is 54.7 Å². The third kappa shape index (κ3) is 4.66. The van der Waals surface area contributed by atoms with Crippen molar-refractivity contribution < 1.29 is 13.9 Å². The molecule has 0 spiro atoms. The maximum absolute atomic E-state index is 13.4. The second-order valence-electron chi connectivity index (χ2n) is 7.66. The Labute approximate surface area is 180 Å². The van der Waals surface area contributed by atoms with Crippen LogP contribution in [0.1, 0.15) is 36.6 Å². The first-order chi connectivity index (χ1) is 15.0. The van der Waals surface area contributed by atoms with Gasteiger partial charge in [-0.05, 0) is 54.7 Å². The monoisotopic (exact) mass is 420 g/mol. The molecule has 4 rings (SSSR count). The quantitative estimate of drug-likeness (QED) is 0.670. The number of halogens is 1. The van der Waals surface area contributed by atoms with Crippen molar-refractivity contribution >= 4 is 11.9 Å². The van der Waals surface area contributed by atoms with Crippen LogP contribution >= 0.6 is 0 Å². The van der Waals surface area contributed by atoms with Crippen molar-refractivity contribution in [1.29, 1.82) is 0 Å². The van der Waals surface area contributed by atoms with Crippen LogP contribution in [0, 0.1) is 5.82 Å². The van der Waals surface area contributed by atoms with Gasteiger partial charge >= 0.3 is 0 Å². The normalized spacial score (nSPS) is 16.2. The molecule has 1 aliphatic heterocycles. The fourth-order valence-electron chi connectivity index (χ4n) is 4.05. The maximum Gasteiger partial charge on any atom is 0.227 e. The lowest BCUT2D eigenvalue weighted by atomic mass is 9.93. The van der Waals surface area contributed by atoms with Gasteiger partial charge in [-0.25, -0.2) is 14.4 Å². The predicted molar refractivity (Wildman–Crippen MR) is 117 cm³/mol. The summed E-state index contributed by atoms with van der Waals surface area (Å²) in [4.78, 5) is 23.8. The Kier molecular flexibility index (Phi) is 6.11. The molecule has 0 saturated carbocycles. The second-order valence-corrected chi connectivity index (χ2v) is 7.66. The van der Waals surface area contributed by atoms with Gasteiger partial charge in [0.05, 0.1) is 25.3 Å². The van der Waals surface area contributed by atoms with Crippen molar-refractivity contribution in [2.45, 2.75) is 31.7 Å². The number of hydrogen-bond acceptors (Lipinski definition) is 5. The zero-order valence-corrected chi connectivity index (χ0v) is 17.4. The van der Waals surface area contributed by atoms with E-state index in [2.05, 4.69) is 9.97 Å². The fraction of sp³-hybridized carbons (Fsp3) is 0.292. The predicted octanol–water partition coefficient (Wildman–Crippen LogP) is 4.17. The molecule has 2 aromatic carbocycles. The first-order valence-corrected chi connectivity index (χ1v) is 10.4. The van der Waals surface area contributed by atoms with Crippen LogP contribution in [-0.2, 0) is 11.2 Å². The molecule has 0 aliphatic carbocycles. The molecule has 3 aromatic rings. The minimum absolute atomic E-state index is 0.0390. The van der Waals surface area contributed by atoms with Gasteiger partial charge in [0, 0.05) is 18.3 Å². The van der Waals surface area contributed by atoms with Gasteiger partial charge in [-0.2, -0.15) is 0 Å². The molecule has 2 heterocycles. The molecule has 1 aliphatic rings. The Bertz CT molecular complexity index is 1050. The van der Waals surface area contributed by atoms with E-state index in [0.717, 1.165) is 41.7 Å². The number of ether oxygens (including phenoxy) is 1. The fourth-order valence-corrected chi connectivity index (χ4v) is 4.05. The number of piperidine rings is 1. The van der Waals surface area contributed by atoms with Crippen molar-refractivity contribution in [2.75, 3.05) is 19.4 Å². The van der Waals surface area contributed by atoms with Crippen LogP contribution < -0.4 is 10.5 Å². The van der Waals surface area contributed by atoms with Crippen LogP contribution in [0.4, 0.5) is 10.3 Å². The summed E-state index contributed by atoms with van der Waals surface area (Å²) in [5.41, 5.74) is 9.11. The van der Waals surface area contributed by atoms with Crippen molar-refractivity contribution in [3.05, 3.63) is 71.8 Å². The van der Waals surface area contributed by atoms with Crippen LogP contribution in [0.3, 0.4) is 0 Å². The van der Waals surface area contributed by atoms with E-state index in [0.29, 0.717) is 18.7 Å². The summed E-state index contributed by atoms with van der Waals surface area (Å²) in [5.74, 6) is 0.647. The summed E-state index contributed by atoms with van der Waals surface area (Å²) >= 11 is 0. The van der Waals surface area contributed by atoms with Crippen molar-refractivity contribution in [2.24, 2.45) is 0 Å². The average Bonchev–Trinajstić information content (AvgIpc) is 2.80. The van der Waals surface area contributed by atoms with E-state index >= 15 is 0 Å². The zero-order valence-electron chi connectivity index (χ0n) is 17.4. The molecule has 1 unspecified atom stereocenters. The number of anilines is 1. The molecular weight excluding hydrogens is 395 g/mol. The topological polar surface area (TPSA) is 81.3 Å². The highest BCUT2D eigenvalue weighted by molar-refractivity contribution is 5.80. The first-order valence-electron chi connectivity index (χ1n) is 10.4. The smallest absolute Gasteiger partial charge is 0.227 e. The van der Waals surface area contributed by atoms with Gasteiger partial charge in [0.15, 0.2) is 0 Å². The van der Waals surface area contributed by atoms with Crippen molar-refractivity contribution in [1.82, 2.24) is 14.9 Å². The first kappa shape index (κ1) is 20.8. The number of benzene rings is 2. The second kappa shape index (κ2) is 9.12. The van der Waals surface area contributed by atoms with Crippen molar-refractivity contribution in [3.8, 4) is 16.9 Å². The Hall–Kier alpha value is -3.48. The van der Waals surface area contributed by atoms with Crippen LogP contribution in [-0.4, -0.2) is 34.4 Å². The molecule has 2 N–H and O–H groups in total. The number of likely N-dealkylation sites (tertiary alicyclic amines) is 1. The van der Waals surface area contributed by atoms with Crippen LogP contribution in [0.25, 0.3) is 11.1 Å². The number of methoxy groups -OCH3 is 1. The number of amides is 1.